The van der Waals surface area contributed by atoms with Crippen molar-refractivity contribution in [3.63, 3.8) is 0 Å². The summed E-state index contributed by atoms with van der Waals surface area (Å²) in [6, 6.07) is 31.8. The fourth-order valence-electron chi connectivity index (χ4n) is 14.4. The fraction of sp³-hybridized carbons (Fsp3) is 0.422. The Morgan fingerprint density at radius 1 is 0.474 bits per heavy atom. The number of aliphatic hydroxyl groups excluding tert-OH is 1. The zero-order valence-electron chi connectivity index (χ0n) is 76.9. The van der Waals surface area contributed by atoms with E-state index in [0.717, 1.165) is 24.5 Å². The number of aryl methyl sites for hydroxylation is 2. The smallest absolute Gasteiger partial charge is 0.410 e. The van der Waals surface area contributed by atoms with Crippen LogP contribution in [0.5, 0.6) is 0 Å². The van der Waals surface area contributed by atoms with E-state index in [1.54, 1.807) is 144 Å². The van der Waals surface area contributed by atoms with Crippen molar-refractivity contribution in [3.05, 3.63) is 303 Å². The van der Waals surface area contributed by atoms with E-state index in [1.807, 2.05) is 12.1 Å². The van der Waals surface area contributed by atoms with Crippen LogP contribution in [0.1, 0.15) is 199 Å². The number of esters is 1. The molecule has 0 saturated carbocycles. The fourth-order valence-corrected chi connectivity index (χ4v) is 14.8. The van der Waals surface area contributed by atoms with Crippen LogP contribution >= 0.6 is 23.2 Å². The Labute approximate surface area is 807 Å². The van der Waals surface area contributed by atoms with Gasteiger partial charge in [-0.05, 0) is 245 Å². The number of halogens is 8. The Hall–Kier alpha value is -12.4. The van der Waals surface area contributed by atoms with Gasteiger partial charge in [0.1, 0.15) is 92.6 Å². The van der Waals surface area contributed by atoms with Crippen LogP contribution in [0.15, 0.2) is 201 Å². The molecule has 0 spiro atoms. The lowest BCUT2D eigenvalue weighted by molar-refractivity contribution is -0.149. The van der Waals surface area contributed by atoms with E-state index in [-0.39, 0.29) is 129 Å². The molecule has 27 nitrogen and oxygen atoms in total. The first-order valence-electron chi connectivity index (χ1n) is 43.5. The van der Waals surface area contributed by atoms with Gasteiger partial charge in [-0.1, -0.05) is 113 Å². The molecule has 3 N–H and O–H groups in total. The molecule has 2 saturated heterocycles. The molecule has 0 bridgehead atoms. The third-order valence-corrected chi connectivity index (χ3v) is 21.1. The van der Waals surface area contributed by atoms with E-state index in [0.29, 0.717) is 44.7 Å². The van der Waals surface area contributed by atoms with Crippen molar-refractivity contribution in [2.24, 2.45) is 0 Å². The number of Topliss-reactive ketones (excluding diaryl/α,β-unsaturated/α-hetero) is 2. The van der Waals surface area contributed by atoms with Gasteiger partial charge in [-0.15, -0.1) is 0 Å². The summed E-state index contributed by atoms with van der Waals surface area (Å²) in [5.41, 5.74) is 0.917. The van der Waals surface area contributed by atoms with Gasteiger partial charge in [0, 0.05) is 79.7 Å². The topological polar surface area (TPSA) is 326 Å². The number of aliphatic hydroxyl groups is 1. The monoisotopic (exact) mass is 1940 g/mol. The average molecular weight is 1950 g/mol. The van der Waals surface area contributed by atoms with Crippen molar-refractivity contribution < 1.29 is 103 Å². The van der Waals surface area contributed by atoms with E-state index in [4.69, 9.17) is 56.4 Å². The van der Waals surface area contributed by atoms with E-state index in [1.165, 1.54) is 135 Å². The van der Waals surface area contributed by atoms with Gasteiger partial charge in [-0.2, -0.15) is 0 Å². The summed E-state index contributed by atoms with van der Waals surface area (Å²) in [6.07, 6.45) is 9.85. The molecule has 4 aromatic carbocycles. The van der Waals surface area contributed by atoms with Gasteiger partial charge < -0.3 is 48.9 Å². The summed E-state index contributed by atoms with van der Waals surface area (Å²) in [5, 5.41) is 16.1. The molecule has 4 amide bonds. The predicted octanol–water partition coefficient (Wildman–Crippen LogP) is 20.2. The number of ether oxygens (including phenoxy) is 7. The van der Waals surface area contributed by atoms with Crippen LogP contribution in [0.25, 0.3) is 0 Å². The maximum absolute atomic E-state index is 15.7. The number of hydrogen-bond donors (Lipinski definition) is 3. The third-order valence-electron chi connectivity index (χ3n) is 20.6. The minimum absolute atomic E-state index is 0. The zero-order chi connectivity index (χ0) is 97.8. The molecule has 0 radical (unpaired) electrons. The number of pyridine rings is 4. The first-order chi connectivity index (χ1) is 63.4. The Morgan fingerprint density at radius 3 is 1.21 bits per heavy atom. The van der Waals surface area contributed by atoms with Gasteiger partial charge in [0.15, 0.2) is 11.6 Å². The molecule has 740 valence electrons. The van der Waals surface area contributed by atoms with E-state index in [2.05, 4.69) is 42.5 Å². The molecule has 2 aliphatic rings. The molecule has 6 aromatic heterocycles. The van der Waals surface area contributed by atoms with Gasteiger partial charge in [-0.25, -0.2) is 65.3 Å². The van der Waals surface area contributed by atoms with Crippen LogP contribution in [-0.2, 0) is 86.1 Å². The minimum atomic E-state index is -1.35. The summed E-state index contributed by atoms with van der Waals surface area (Å²) < 4.78 is 130. The molecule has 2 aliphatic heterocycles. The number of ketones is 2. The van der Waals surface area contributed by atoms with Crippen molar-refractivity contribution in [1.29, 1.82) is 0 Å². The Kier molecular flexibility index (Phi) is 43.6. The number of amides is 4. The summed E-state index contributed by atoms with van der Waals surface area (Å²) in [7, 11) is 0. The number of imidazole rings is 1. The Morgan fingerprint density at radius 2 is 0.854 bits per heavy atom. The molecule has 8 heterocycles. The Balaban J connectivity index is 0.000000341. The Bertz CT molecular complexity index is 5410. The molecule has 10 aromatic rings. The van der Waals surface area contributed by atoms with Gasteiger partial charge in [0.2, 0.25) is 0 Å². The van der Waals surface area contributed by atoms with Crippen molar-refractivity contribution in [2.75, 3.05) is 39.5 Å². The second-order valence-corrected chi connectivity index (χ2v) is 36.5. The van der Waals surface area contributed by atoms with Gasteiger partial charge in [0.25, 0.3) is 0 Å². The number of nitrogens with one attached hydrogen (secondary N) is 2. The van der Waals surface area contributed by atoms with E-state index >= 15 is 8.78 Å². The van der Waals surface area contributed by atoms with Gasteiger partial charge in [0.05, 0.1) is 76.0 Å². The molecule has 0 aliphatic carbocycles. The number of hydrogen-bond acceptors (Lipinski definition) is 21. The minimum Gasteiger partial charge on any atom is -0.463 e. The largest absolute Gasteiger partial charge is 0.463 e. The normalized spacial score (nSPS) is 15.2. The third kappa shape index (κ3) is 36.5. The summed E-state index contributed by atoms with van der Waals surface area (Å²) in [5.74, 6) is -6.88. The average Bonchev–Trinajstić information content (AvgIpc) is 1.23. The van der Waals surface area contributed by atoms with Crippen molar-refractivity contribution in [2.45, 2.75) is 241 Å². The van der Waals surface area contributed by atoms with Crippen LogP contribution < -0.4 is 10.6 Å². The number of morpholine rings is 2. The number of benzene rings is 4. The molecular weight excluding hydrogens is 1820 g/mol. The van der Waals surface area contributed by atoms with Crippen LogP contribution in [0.2, 0.25) is 10.3 Å². The second-order valence-electron chi connectivity index (χ2n) is 35.7. The highest BCUT2D eigenvalue weighted by molar-refractivity contribution is 6.29. The number of nitrogens with zero attached hydrogens (tertiary/aromatic N) is 9. The summed E-state index contributed by atoms with van der Waals surface area (Å²) in [6.45, 7) is 22.1. The molecule has 12 rings (SSSR count). The molecular formula is C102H125Cl2F6N11O16. The second kappa shape index (κ2) is 52.8. The van der Waals surface area contributed by atoms with Crippen LogP contribution in [0.3, 0.4) is 0 Å². The quantitative estimate of drug-likeness (QED) is 0.0186. The number of aromatic nitrogens is 7. The van der Waals surface area contributed by atoms with Crippen molar-refractivity contribution in [3.8, 4) is 0 Å². The van der Waals surface area contributed by atoms with Crippen LogP contribution in [0.4, 0.5) is 50.3 Å². The molecule has 137 heavy (non-hydrogen) atoms. The molecule has 0 unspecified atom stereocenters. The lowest BCUT2D eigenvalue weighted by Gasteiger charge is -2.40. The van der Waals surface area contributed by atoms with E-state index in [9.17, 15) is 61.0 Å². The summed E-state index contributed by atoms with van der Waals surface area (Å²) in [4.78, 5) is 129. The highest BCUT2D eigenvalue weighted by Crippen LogP contribution is 2.35. The summed E-state index contributed by atoms with van der Waals surface area (Å²) >= 11 is 11.6. The SMILES string of the molecule is C.C.C.CC(C)(C)OC(=O)N[C@H](C(=O)Cc1cncc(F)c1CC[C@@H]1CN(C(=O)OC(C)(C)C)[C@H](CO)CO1)C(c1ccc(F)cc1)c1ccc(F)cc1.CC(C)(C)OC(=O)N[C@H](C(=O)Cc1cncc(F)c1CC[C@@H]1CN(C(=O)OC(C)(C)C)[C@H](COC(=O)CCc2cccc(Cl)n2)CO1)C(c1ccc(F)cc1)c1ccc(F)cc1.CCc1cccc(Cl)n1.O=C(n1cccc1)n1ccnc1. The van der Waals surface area contributed by atoms with E-state index < -0.39 is 154 Å². The molecule has 6 atom stereocenters. The number of carbonyl (C=O) groups is 8. The van der Waals surface area contributed by atoms with Crippen LogP contribution in [-0.4, -0.2) is 195 Å². The first-order valence-corrected chi connectivity index (χ1v) is 44.3. The highest BCUT2D eigenvalue weighted by atomic mass is 35.5. The van der Waals surface area contributed by atoms with Gasteiger partial charge >= 0.3 is 36.4 Å². The molecule has 35 heteroatoms. The predicted molar refractivity (Wildman–Crippen MR) is 508 cm³/mol. The number of alkyl carbamates (subject to hydrolysis) is 2. The van der Waals surface area contributed by atoms with Crippen molar-refractivity contribution >= 4 is 71.1 Å². The van der Waals surface area contributed by atoms with Crippen molar-refractivity contribution in [1.82, 2.24) is 54.5 Å². The zero-order valence-corrected chi connectivity index (χ0v) is 78.4. The lowest BCUT2D eigenvalue weighted by atomic mass is 9.81. The first kappa shape index (κ1) is 113. The standard InChI is InChI=1S/C46H52ClF3N4O8.C38H46F3N3O7.C8H7N3O.C7H8ClN.3CH4/c1-45(2,3)61-43(57)53-42(41(28-10-14-31(48)15-11-28)29-12-16-32(49)17-13-29)38(55)22-30-23-51-24-37(50)36(30)20-19-35-25-54(44(58)62-46(4,5)6)34(26-59-35)27-60-40(56)21-18-33-8-7-9-39(47)52-33;1-37(2,3)50-35(47)43-34(33(23-7-11-26(39)12-8-23)24-9-13-27(40)14-10-24)32(46)17-25-18-42-19-31(41)30(25)16-15-29-20-44(28(21-45)22-49-29)36(48)51-38(4,5)6;12-8(10-4-1-2-5-10)11-6-3-9-7-11;1-2-6-4-3-5-7(8)9-6;;;/h7-17,23-24,34-35,41-42H,18-22,25-27H2,1-6H3,(H,53,57);7-14,18-19,28-29,33-34,45H,15-17,20-22H2,1-6H3,(H,43,47);1-7H;3-5H,2H2,1H3;3*1H4/t34-,35+,42+;28-,29-,34-;;;;;/m01...../s1. The number of rotatable bonds is 27. The molecule has 2 fully saturated rings. The maximum atomic E-state index is 15.7. The highest BCUT2D eigenvalue weighted by Gasteiger charge is 2.41. The lowest BCUT2D eigenvalue weighted by Crippen LogP contribution is -2.55. The maximum Gasteiger partial charge on any atom is 0.410 e. The van der Waals surface area contributed by atoms with Crippen LogP contribution in [0, 0.1) is 34.9 Å². The van der Waals surface area contributed by atoms with Gasteiger partial charge in [-0.3, -0.25) is 43.3 Å². The number of carbonyl (C=O) groups excluding carboxylic acids is 8.